The Morgan fingerprint density at radius 3 is 2.27 bits per heavy atom. The maximum atomic E-state index is 10.8. The van der Waals surface area contributed by atoms with Gasteiger partial charge < -0.3 is 19.7 Å². The number of unbranched alkanes of at least 4 members (excludes halogenated alkanes) is 5. The Hall–Kier alpha value is -1.55. The molecule has 0 radical (unpaired) electrons. The van der Waals surface area contributed by atoms with Crippen LogP contribution in [0.4, 0.5) is 0 Å². The highest BCUT2D eigenvalue weighted by Gasteiger charge is 2.26. The predicted molar refractivity (Wildman–Crippen MR) is 168 cm³/mol. The lowest BCUT2D eigenvalue weighted by atomic mass is 9.84. The molecular formula is C36H63O4-. The molecule has 0 fully saturated rings. The molecule has 4 heteroatoms. The van der Waals surface area contributed by atoms with Crippen LogP contribution < -0.4 is 5.11 Å². The number of ether oxygens (including phenoxy) is 1. The average molecular weight is 560 g/mol. The van der Waals surface area contributed by atoms with Gasteiger partial charge in [0.15, 0.2) is 0 Å². The lowest BCUT2D eigenvalue weighted by Gasteiger charge is -2.29. The van der Waals surface area contributed by atoms with E-state index < -0.39 is 12.1 Å². The second-order valence-electron chi connectivity index (χ2n) is 13.0. The van der Waals surface area contributed by atoms with Crippen molar-refractivity contribution in [3.05, 3.63) is 34.6 Å². The summed E-state index contributed by atoms with van der Waals surface area (Å²) in [5.41, 5.74) is 3.80. The highest BCUT2D eigenvalue weighted by Crippen LogP contribution is 2.34. The van der Waals surface area contributed by atoms with E-state index in [9.17, 15) is 15.0 Å². The van der Waals surface area contributed by atoms with Gasteiger partial charge in [-0.3, -0.25) is 0 Å². The highest BCUT2D eigenvalue weighted by molar-refractivity contribution is 5.66. The first-order chi connectivity index (χ1) is 19.1. The van der Waals surface area contributed by atoms with E-state index >= 15 is 0 Å². The van der Waals surface area contributed by atoms with Gasteiger partial charge >= 0.3 is 0 Å². The minimum absolute atomic E-state index is 0.125. The van der Waals surface area contributed by atoms with Gasteiger partial charge in [-0.05, 0) is 93.8 Å². The molecule has 5 unspecified atom stereocenters. The summed E-state index contributed by atoms with van der Waals surface area (Å²) in [6.07, 6.45) is 22.4. The summed E-state index contributed by atoms with van der Waals surface area (Å²) in [6, 6.07) is 0. The second-order valence-corrected chi connectivity index (χ2v) is 13.0. The van der Waals surface area contributed by atoms with Crippen LogP contribution in [-0.4, -0.2) is 23.8 Å². The van der Waals surface area contributed by atoms with Gasteiger partial charge in [-0.2, -0.15) is 0 Å². The molecular weight excluding hydrogens is 496 g/mol. The fraction of sp³-hybridized carbons (Fsp3) is 0.806. The van der Waals surface area contributed by atoms with Gasteiger partial charge in [0.05, 0.1) is 12.7 Å². The molecule has 5 atom stereocenters. The maximum Gasteiger partial charge on any atom is 0.121 e. The van der Waals surface area contributed by atoms with Crippen LogP contribution in [-0.2, 0) is 9.53 Å². The van der Waals surface area contributed by atoms with E-state index in [-0.39, 0.29) is 11.8 Å². The molecule has 0 aromatic heterocycles. The van der Waals surface area contributed by atoms with E-state index in [0.29, 0.717) is 12.3 Å². The van der Waals surface area contributed by atoms with Gasteiger partial charge in [-0.15, -0.1) is 0 Å². The molecule has 1 rings (SSSR count). The number of hydrogen-bond acceptors (Lipinski definition) is 4. The third-order valence-corrected chi connectivity index (χ3v) is 9.02. The fourth-order valence-electron chi connectivity index (χ4n) is 5.64. The summed E-state index contributed by atoms with van der Waals surface area (Å²) < 4.78 is 6.34. The zero-order valence-corrected chi connectivity index (χ0v) is 27.2. The fourth-order valence-corrected chi connectivity index (χ4v) is 5.64. The van der Waals surface area contributed by atoms with Crippen LogP contribution in [0.3, 0.4) is 0 Å². The van der Waals surface area contributed by atoms with Crippen LogP contribution in [0.15, 0.2) is 34.6 Å². The van der Waals surface area contributed by atoms with Crippen molar-refractivity contribution in [2.45, 2.75) is 157 Å². The number of aliphatic hydroxyl groups excluding tert-OH is 1. The summed E-state index contributed by atoms with van der Waals surface area (Å²) in [7, 11) is 0. The molecule has 0 spiro atoms. The second kappa shape index (κ2) is 21.2. The van der Waals surface area contributed by atoms with E-state index in [4.69, 9.17) is 4.74 Å². The van der Waals surface area contributed by atoms with Crippen molar-refractivity contribution < 1.29 is 19.7 Å². The predicted octanol–water partition coefficient (Wildman–Crippen LogP) is 9.08. The van der Waals surface area contributed by atoms with Crippen molar-refractivity contribution in [1.82, 2.24) is 0 Å². The van der Waals surface area contributed by atoms with Crippen LogP contribution in [0, 0.1) is 23.7 Å². The summed E-state index contributed by atoms with van der Waals surface area (Å²) in [4.78, 5) is 10.8. The summed E-state index contributed by atoms with van der Waals surface area (Å²) in [5.74, 6) is 1.27. The number of aliphatic hydroxyl groups is 1. The van der Waals surface area contributed by atoms with Gasteiger partial charge in [0, 0.05) is 11.9 Å². The van der Waals surface area contributed by atoms with Crippen molar-refractivity contribution >= 4 is 5.97 Å². The van der Waals surface area contributed by atoms with Gasteiger partial charge in [0.25, 0.3) is 0 Å². The average Bonchev–Trinajstić information content (AvgIpc) is 2.91. The summed E-state index contributed by atoms with van der Waals surface area (Å²) in [6.45, 7) is 15.9. The molecule has 0 saturated heterocycles. The van der Waals surface area contributed by atoms with E-state index in [0.717, 1.165) is 50.4 Å². The van der Waals surface area contributed by atoms with Crippen LogP contribution in [0.25, 0.3) is 0 Å². The largest absolute Gasteiger partial charge is 0.550 e. The molecule has 1 aliphatic carbocycles. The van der Waals surface area contributed by atoms with Gasteiger partial charge in [-0.25, -0.2) is 0 Å². The first kappa shape index (κ1) is 36.5. The number of allylic oxidation sites excluding steroid dienone is 3. The molecule has 4 nitrogen and oxygen atoms in total. The zero-order valence-electron chi connectivity index (χ0n) is 27.2. The Kier molecular flexibility index (Phi) is 19.3. The van der Waals surface area contributed by atoms with Gasteiger partial charge in [0.1, 0.15) is 5.76 Å². The van der Waals surface area contributed by atoms with Crippen LogP contribution >= 0.6 is 0 Å². The lowest BCUT2D eigenvalue weighted by molar-refractivity contribution is -0.311. The monoisotopic (exact) mass is 559 g/mol. The van der Waals surface area contributed by atoms with E-state index in [1.165, 1.54) is 80.9 Å². The molecule has 1 N–H and O–H groups in total. The first-order valence-electron chi connectivity index (χ1n) is 16.7. The van der Waals surface area contributed by atoms with Crippen molar-refractivity contribution in [2.75, 3.05) is 6.61 Å². The third kappa shape index (κ3) is 15.5. The number of rotatable bonds is 23. The molecule has 40 heavy (non-hydrogen) atoms. The number of carbonyl (C=O) groups is 1. The van der Waals surface area contributed by atoms with Crippen molar-refractivity contribution in [3.63, 3.8) is 0 Å². The van der Waals surface area contributed by atoms with Crippen molar-refractivity contribution in [2.24, 2.45) is 23.7 Å². The smallest absolute Gasteiger partial charge is 0.121 e. The van der Waals surface area contributed by atoms with Gasteiger partial charge in [-0.1, -0.05) is 104 Å². The summed E-state index contributed by atoms with van der Waals surface area (Å²) in [5, 5.41) is 21.4. The molecule has 0 heterocycles. The summed E-state index contributed by atoms with van der Waals surface area (Å²) >= 11 is 0. The van der Waals surface area contributed by atoms with Crippen molar-refractivity contribution in [1.29, 1.82) is 0 Å². The Bertz CT molecular complexity index is 793. The Morgan fingerprint density at radius 1 is 0.975 bits per heavy atom. The molecule has 0 aromatic carbocycles. The van der Waals surface area contributed by atoms with Crippen LogP contribution in [0.1, 0.15) is 151 Å². The van der Waals surface area contributed by atoms with E-state index in [1.54, 1.807) is 6.92 Å². The van der Waals surface area contributed by atoms with E-state index in [2.05, 4.69) is 53.7 Å². The quantitative estimate of drug-likeness (QED) is 0.100. The van der Waals surface area contributed by atoms with Crippen LogP contribution in [0.2, 0.25) is 0 Å². The Balaban J connectivity index is 2.33. The lowest BCUT2D eigenvalue weighted by Crippen LogP contribution is -2.29. The minimum Gasteiger partial charge on any atom is -0.550 e. The number of carboxylic acids is 1. The number of carbonyl (C=O) groups excluding carboxylic acids is 1. The molecule has 0 bridgehead atoms. The Morgan fingerprint density at radius 2 is 1.60 bits per heavy atom. The zero-order chi connectivity index (χ0) is 29.9. The third-order valence-electron chi connectivity index (χ3n) is 9.02. The topological polar surface area (TPSA) is 69.6 Å². The Labute approximate surface area is 247 Å². The SMILES string of the molecule is CCCCCCCCOC1=C(C)C(C)C(O)C=C1CCC(C)CCCC(C)CCC/C(C)=C/CCC(C)C(=O)[O-]. The van der Waals surface area contributed by atoms with Crippen LogP contribution in [0.5, 0.6) is 0 Å². The van der Waals surface area contributed by atoms with Crippen molar-refractivity contribution in [3.8, 4) is 0 Å². The molecule has 0 aliphatic heterocycles. The molecule has 1 aliphatic rings. The minimum atomic E-state index is -0.946. The number of hydrogen-bond donors (Lipinski definition) is 1. The molecule has 0 saturated carbocycles. The maximum absolute atomic E-state index is 10.8. The highest BCUT2D eigenvalue weighted by atomic mass is 16.5. The standard InChI is InChI=1S/C36H64O4/c1-8-9-10-11-12-13-25-40-35-32(7)31(6)34(37)26-33(35)24-23-29(4)20-15-19-27(2)17-14-18-28(3)21-16-22-30(5)36(38)39/h21,26-27,29-31,34,37H,8-20,22-25H2,1-7H3,(H,38,39)/p-1/b28-21+. The first-order valence-corrected chi connectivity index (χ1v) is 16.7. The number of aliphatic carboxylic acids is 1. The molecule has 0 aromatic rings. The molecule has 232 valence electrons. The molecule has 0 amide bonds. The normalized spacial score (nSPS) is 20.3. The van der Waals surface area contributed by atoms with Gasteiger partial charge in [0.2, 0.25) is 0 Å². The van der Waals surface area contributed by atoms with E-state index in [1.807, 2.05) is 0 Å². The number of carboxylic acid groups (broad SMARTS) is 1.